The van der Waals surface area contributed by atoms with E-state index in [0.29, 0.717) is 11.8 Å². The van der Waals surface area contributed by atoms with Gasteiger partial charge in [-0.05, 0) is 53.4 Å². The molecular weight excluding hydrogens is 272 g/mol. The van der Waals surface area contributed by atoms with Crippen molar-refractivity contribution in [1.82, 2.24) is 10.2 Å². The van der Waals surface area contributed by atoms with E-state index in [1.807, 2.05) is 0 Å². The predicted octanol–water partition coefficient (Wildman–Crippen LogP) is 2.38. The van der Waals surface area contributed by atoms with Crippen LogP contribution in [0.25, 0.3) is 0 Å². The van der Waals surface area contributed by atoms with Crippen molar-refractivity contribution >= 4 is 12.2 Å². The van der Waals surface area contributed by atoms with Gasteiger partial charge in [0.2, 0.25) is 0 Å². The Bertz CT molecular complexity index is 398. The third-order valence-electron chi connectivity index (χ3n) is 3.53. The van der Waals surface area contributed by atoms with Gasteiger partial charge in [0.15, 0.2) is 0 Å². The zero-order valence-electron chi connectivity index (χ0n) is 13.7. The monoisotopic (exact) mass is 298 g/mol. The van der Waals surface area contributed by atoms with Gasteiger partial charge in [0.25, 0.3) is 0 Å². The molecule has 1 N–H and O–H groups in total. The Morgan fingerprint density at radius 3 is 1.62 bits per heavy atom. The van der Waals surface area contributed by atoms with Gasteiger partial charge in [-0.15, -0.1) is 0 Å². The van der Waals surface area contributed by atoms with Crippen molar-refractivity contribution in [2.24, 2.45) is 11.8 Å². The number of ether oxygens (including phenoxy) is 2. The number of carbonyl (C=O) groups excluding carboxylic acids is 2. The lowest BCUT2D eigenvalue weighted by atomic mass is 10.2. The summed E-state index contributed by atoms with van der Waals surface area (Å²) in [6, 6.07) is -0.101. The third kappa shape index (κ3) is 3.87. The standard InChI is InChI=1S/C15H26N2O4/c1-14(2,3)20-12(18)17(13(19)21-15(4,5)6)11-9-7-16-8-10(9)11/h9-11,16H,7-8H2,1-6H3/t9-,10+,11?. The number of nitrogens with zero attached hydrogens (tertiary/aromatic N) is 1. The highest BCUT2D eigenvalue weighted by Crippen LogP contribution is 2.46. The lowest BCUT2D eigenvalue weighted by Gasteiger charge is -2.29. The van der Waals surface area contributed by atoms with E-state index in [2.05, 4.69) is 5.32 Å². The SMILES string of the molecule is CC(C)(C)OC(=O)N(C(=O)OC(C)(C)C)C1[C@H]2CNC[C@@H]12. The summed E-state index contributed by atoms with van der Waals surface area (Å²) in [6.07, 6.45) is -1.23. The molecule has 0 radical (unpaired) electrons. The van der Waals surface area contributed by atoms with Crippen LogP contribution in [0.15, 0.2) is 0 Å². The van der Waals surface area contributed by atoms with Crippen molar-refractivity contribution in [2.75, 3.05) is 13.1 Å². The largest absolute Gasteiger partial charge is 0.443 e. The summed E-state index contributed by atoms with van der Waals surface area (Å²) in [6.45, 7) is 12.4. The molecule has 1 heterocycles. The van der Waals surface area contributed by atoms with Gasteiger partial charge in [-0.2, -0.15) is 0 Å². The number of amides is 2. The Labute approximate surface area is 126 Å². The van der Waals surface area contributed by atoms with Gasteiger partial charge >= 0.3 is 12.2 Å². The van der Waals surface area contributed by atoms with Gasteiger partial charge in [-0.25, -0.2) is 14.5 Å². The van der Waals surface area contributed by atoms with Crippen LogP contribution in [0.1, 0.15) is 41.5 Å². The normalized spacial score (nSPS) is 27.8. The van der Waals surface area contributed by atoms with E-state index >= 15 is 0 Å². The van der Waals surface area contributed by atoms with E-state index in [4.69, 9.17) is 9.47 Å². The van der Waals surface area contributed by atoms with Crippen LogP contribution in [0.5, 0.6) is 0 Å². The average molecular weight is 298 g/mol. The van der Waals surface area contributed by atoms with E-state index < -0.39 is 23.4 Å². The van der Waals surface area contributed by atoms with Crippen LogP contribution in [-0.4, -0.2) is 47.4 Å². The van der Waals surface area contributed by atoms with Crippen LogP contribution in [0.3, 0.4) is 0 Å². The maximum absolute atomic E-state index is 12.4. The molecule has 0 aromatic heterocycles. The van der Waals surface area contributed by atoms with Gasteiger partial charge in [0.05, 0.1) is 6.04 Å². The number of rotatable bonds is 1. The lowest BCUT2D eigenvalue weighted by molar-refractivity contribution is -0.00229. The number of carbonyl (C=O) groups is 2. The van der Waals surface area contributed by atoms with Crippen molar-refractivity contribution in [3.05, 3.63) is 0 Å². The second-order valence-electron chi connectivity index (χ2n) is 7.81. The highest BCUT2D eigenvalue weighted by molar-refractivity contribution is 5.89. The molecule has 0 bridgehead atoms. The topological polar surface area (TPSA) is 67.9 Å². The second kappa shape index (κ2) is 5.16. The Morgan fingerprint density at radius 1 is 0.905 bits per heavy atom. The quantitative estimate of drug-likeness (QED) is 0.805. The first-order valence-electron chi connectivity index (χ1n) is 7.45. The van der Waals surface area contributed by atoms with E-state index in [0.717, 1.165) is 13.1 Å². The summed E-state index contributed by atoms with van der Waals surface area (Å²) in [5, 5.41) is 3.25. The van der Waals surface area contributed by atoms with Crippen LogP contribution in [0.4, 0.5) is 9.59 Å². The van der Waals surface area contributed by atoms with E-state index in [1.54, 1.807) is 41.5 Å². The van der Waals surface area contributed by atoms with Crippen LogP contribution in [0, 0.1) is 11.8 Å². The molecule has 2 fully saturated rings. The van der Waals surface area contributed by atoms with E-state index in [1.165, 1.54) is 4.90 Å². The first-order valence-corrected chi connectivity index (χ1v) is 7.45. The molecule has 3 atom stereocenters. The summed E-state index contributed by atoms with van der Waals surface area (Å²) >= 11 is 0. The average Bonchev–Trinajstić information content (AvgIpc) is 2.70. The van der Waals surface area contributed by atoms with Gasteiger partial charge in [0, 0.05) is 13.1 Å². The number of piperidine rings is 1. The molecule has 1 aliphatic heterocycles. The van der Waals surface area contributed by atoms with Crippen LogP contribution >= 0.6 is 0 Å². The van der Waals surface area contributed by atoms with Crippen LogP contribution in [0.2, 0.25) is 0 Å². The van der Waals surface area contributed by atoms with Crippen LogP contribution < -0.4 is 5.32 Å². The van der Waals surface area contributed by atoms with Gasteiger partial charge < -0.3 is 14.8 Å². The van der Waals surface area contributed by atoms with Crippen molar-refractivity contribution in [1.29, 1.82) is 0 Å². The Kier molecular flexibility index (Phi) is 3.95. The molecule has 1 saturated heterocycles. The number of imide groups is 1. The fourth-order valence-corrected chi connectivity index (χ4v) is 2.71. The van der Waals surface area contributed by atoms with Crippen molar-refractivity contribution in [3.8, 4) is 0 Å². The molecule has 2 amide bonds. The van der Waals surface area contributed by atoms with Crippen molar-refractivity contribution < 1.29 is 19.1 Å². The number of hydrogen-bond acceptors (Lipinski definition) is 5. The molecule has 0 aromatic rings. The third-order valence-corrected chi connectivity index (χ3v) is 3.53. The first kappa shape index (κ1) is 16.1. The molecule has 1 unspecified atom stereocenters. The summed E-state index contributed by atoms with van der Waals surface area (Å²) in [5.74, 6) is 0.648. The van der Waals surface area contributed by atoms with E-state index in [9.17, 15) is 9.59 Å². The summed E-state index contributed by atoms with van der Waals surface area (Å²) in [7, 11) is 0. The highest BCUT2D eigenvalue weighted by atomic mass is 16.6. The summed E-state index contributed by atoms with van der Waals surface area (Å²) < 4.78 is 10.7. The minimum Gasteiger partial charge on any atom is -0.443 e. The fraction of sp³-hybridized carbons (Fsp3) is 0.867. The van der Waals surface area contributed by atoms with E-state index in [-0.39, 0.29) is 6.04 Å². The Hall–Kier alpha value is -1.30. The molecule has 0 spiro atoms. The van der Waals surface area contributed by atoms with Gasteiger partial charge in [-0.3, -0.25) is 0 Å². The maximum atomic E-state index is 12.4. The lowest BCUT2D eigenvalue weighted by Crippen LogP contribution is -2.47. The Morgan fingerprint density at radius 2 is 1.29 bits per heavy atom. The van der Waals surface area contributed by atoms with Crippen molar-refractivity contribution in [3.63, 3.8) is 0 Å². The summed E-state index contributed by atoms with van der Waals surface area (Å²) in [4.78, 5) is 25.9. The molecule has 120 valence electrons. The molecule has 0 aromatic carbocycles. The predicted molar refractivity (Wildman–Crippen MR) is 77.9 cm³/mol. The smallest absolute Gasteiger partial charge is 0.420 e. The van der Waals surface area contributed by atoms with Crippen LogP contribution in [-0.2, 0) is 9.47 Å². The molecule has 1 saturated carbocycles. The molecule has 2 rings (SSSR count). The van der Waals surface area contributed by atoms with Crippen molar-refractivity contribution in [2.45, 2.75) is 58.8 Å². The minimum atomic E-state index is -0.639. The first-order chi connectivity index (χ1) is 9.49. The molecule has 2 aliphatic rings. The molecule has 21 heavy (non-hydrogen) atoms. The zero-order chi connectivity index (χ0) is 16.0. The number of fused-ring (bicyclic) bond motifs is 1. The number of nitrogens with one attached hydrogen (secondary N) is 1. The molecular formula is C15H26N2O4. The minimum absolute atomic E-state index is 0.101. The highest BCUT2D eigenvalue weighted by Gasteiger charge is 2.60. The van der Waals surface area contributed by atoms with Gasteiger partial charge in [-0.1, -0.05) is 0 Å². The molecule has 6 nitrogen and oxygen atoms in total. The zero-order valence-corrected chi connectivity index (χ0v) is 13.7. The molecule has 1 aliphatic carbocycles. The fourth-order valence-electron chi connectivity index (χ4n) is 2.71. The Balaban J connectivity index is 2.11. The molecule has 6 heteroatoms. The maximum Gasteiger partial charge on any atom is 0.420 e. The second-order valence-corrected chi connectivity index (χ2v) is 7.81. The summed E-state index contributed by atoms with van der Waals surface area (Å²) in [5.41, 5.74) is -1.28. The number of hydrogen-bond donors (Lipinski definition) is 1. The van der Waals surface area contributed by atoms with Gasteiger partial charge in [0.1, 0.15) is 11.2 Å².